The highest BCUT2D eigenvalue weighted by atomic mass is 32.2. The lowest BCUT2D eigenvalue weighted by Gasteiger charge is -2.44. The average Bonchev–Trinajstić information content (AvgIpc) is 2.85. The van der Waals surface area contributed by atoms with E-state index in [1.54, 1.807) is 43.5 Å². The maximum Gasteiger partial charge on any atom is 0.206 e. The number of ether oxygens (including phenoxy) is 1. The van der Waals surface area contributed by atoms with E-state index >= 15 is 0 Å². The van der Waals surface area contributed by atoms with Gasteiger partial charge in [0, 0.05) is 38.3 Å². The average molecular weight is 471 g/mol. The van der Waals surface area contributed by atoms with Crippen LogP contribution >= 0.6 is 0 Å². The molecule has 1 aliphatic heterocycles. The molecule has 1 aliphatic carbocycles. The Labute approximate surface area is 199 Å². The second kappa shape index (κ2) is 10.6. The Bertz CT molecular complexity index is 1010. The molecule has 180 valence electrons. The van der Waals surface area contributed by atoms with Gasteiger partial charge in [-0.3, -0.25) is 9.80 Å². The van der Waals surface area contributed by atoms with E-state index in [2.05, 4.69) is 23.6 Å². The fraction of sp³-hybridized carbons (Fsp3) is 0.556. The van der Waals surface area contributed by atoms with E-state index < -0.39 is 9.84 Å². The molecule has 4 rings (SSSR count). The van der Waals surface area contributed by atoms with Crippen molar-refractivity contribution in [2.24, 2.45) is 5.92 Å². The van der Waals surface area contributed by atoms with E-state index in [1.807, 2.05) is 12.1 Å². The van der Waals surface area contributed by atoms with Gasteiger partial charge in [0.25, 0.3) is 0 Å². The summed E-state index contributed by atoms with van der Waals surface area (Å²) in [5, 5.41) is 0. The van der Waals surface area contributed by atoms with Crippen molar-refractivity contribution in [1.29, 1.82) is 0 Å². The fourth-order valence-electron chi connectivity index (χ4n) is 5.59. The molecule has 0 radical (unpaired) electrons. The smallest absolute Gasteiger partial charge is 0.206 e. The van der Waals surface area contributed by atoms with Crippen LogP contribution in [0.3, 0.4) is 0 Å². The Kier molecular flexibility index (Phi) is 7.77. The van der Waals surface area contributed by atoms with E-state index in [9.17, 15) is 8.42 Å². The molecule has 0 N–H and O–H groups in total. The summed E-state index contributed by atoms with van der Waals surface area (Å²) in [4.78, 5) is 5.88. The van der Waals surface area contributed by atoms with Crippen molar-refractivity contribution in [3.63, 3.8) is 0 Å². The molecule has 1 saturated heterocycles. The van der Waals surface area contributed by atoms with Crippen LogP contribution in [0.2, 0.25) is 0 Å². The van der Waals surface area contributed by atoms with E-state index in [0.717, 1.165) is 32.2 Å². The highest BCUT2D eigenvalue weighted by Gasteiger charge is 2.30. The lowest BCUT2D eigenvalue weighted by atomic mass is 9.92. The van der Waals surface area contributed by atoms with Crippen LogP contribution in [-0.4, -0.2) is 57.5 Å². The molecule has 33 heavy (non-hydrogen) atoms. The molecule has 2 fully saturated rings. The first-order valence-electron chi connectivity index (χ1n) is 12.4. The zero-order valence-corrected chi connectivity index (χ0v) is 21.1. The van der Waals surface area contributed by atoms with Gasteiger partial charge >= 0.3 is 0 Å². The lowest BCUT2D eigenvalue weighted by molar-refractivity contribution is 0.0435. The molecule has 2 aliphatic rings. The van der Waals surface area contributed by atoms with Gasteiger partial charge in [0.05, 0.1) is 16.9 Å². The van der Waals surface area contributed by atoms with Crippen LogP contribution in [-0.2, 0) is 9.84 Å². The van der Waals surface area contributed by atoms with Crippen LogP contribution in [0, 0.1) is 5.92 Å². The molecule has 5 nitrogen and oxygen atoms in total. The Morgan fingerprint density at radius 1 is 0.879 bits per heavy atom. The van der Waals surface area contributed by atoms with Gasteiger partial charge in [-0.25, -0.2) is 8.42 Å². The Balaban J connectivity index is 1.48. The molecular weight excluding hydrogens is 432 g/mol. The number of methoxy groups -OCH3 is 1. The fourth-order valence-corrected chi connectivity index (χ4v) is 6.89. The number of rotatable bonds is 7. The molecule has 0 amide bonds. The molecule has 2 aromatic carbocycles. The monoisotopic (exact) mass is 470 g/mol. The molecule has 1 saturated carbocycles. The minimum Gasteiger partial charge on any atom is -0.497 e. The van der Waals surface area contributed by atoms with E-state index in [-0.39, 0.29) is 4.90 Å². The van der Waals surface area contributed by atoms with Crippen LogP contribution < -0.4 is 4.74 Å². The van der Waals surface area contributed by atoms with Crippen molar-refractivity contribution < 1.29 is 13.2 Å². The predicted molar refractivity (Wildman–Crippen MR) is 132 cm³/mol. The SMILES string of the molecule is COc1cccc(S(=O)(=O)c2ccc([C@H](C(C)C)N3CCN(C4CCCCC4)CC3)cc2)c1. The second-order valence-corrected chi connectivity index (χ2v) is 11.8. The summed E-state index contributed by atoms with van der Waals surface area (Å²) in [5.74, 6) is 0.993. The van der Waals surface area contributed by atoms with Crippen molar-refractivity contribution in [3.05, 3.63) is 54.1 Å². The Morgan fingerprint density at radius 2 is 1.55 bits per heavy atom. The van der Waals surface area contributed by atoms with Crippen LogP contribution in [0.25, 0.3) is 0 Å². The first kappa shape index (κ1) is 24.2. The van der Waals surface area contributed by atoms with Crippen molar-refractivity contribution in [2.45, 2.75) is 67.8 Å². The summed E-state index contributed by atoms with van der Waals surface area (Å²) < 4.78 is 31.5. The first-order valence-corrected chi connectivity index (χ1v) is 13.9. The zero-order chi connectivity index (χ0) is 23.4. The van der Waals surface area contributed by atoms with Crippen molar-refractivity contribution in [1.82, 2.24) is 9.80 Å². The number of hydrogen-bond donors (Lipinski definition) is 0. The predicted octanol–water partition coefficient (Wildman–Crippen LogP) is 5.18. The second-order valence-electron chi connectivity index (χ2n) is 9.80. The number of benzene rings is 2. The quantitative estimate of drug-likeness (QED) is 0.558. The first-order chi connectivity index (χ1) is 15.9. The molecule has 1 atom stereocenters. The molecule has 2 aromatic rings. The largest absolute Gasteiger partial charge is 0.497 e. The summed E-state index contributed by atoms with van der Waals surface area (Å²) in [6.07, 6.45) is 6.87. The van der Waals surface area contributed by atoms with Gasteiger partial charge in [0.1, 0.15) is 5.75 Å². The molecule has 0 spiro atoms. The zero-order valence-electron chi connectivity index (χ0n) is 20.2. The van der Waals surface area contributed by atoms with Gasteiger partial charge < -0.3 is 4.74 Å². The molecular formula is C27H38N2O3S. The standard InChI is InChI=1S/C27H38N2O3S/c1-21(2)27(29-18-16-28(17-19-29)23-8-5-4-6-9-23)22-12-14-25(15-13-22)33(30,31)26-11-7-10-24(20-26)32-3/h7,10-15,20-21,23,27H,4-6,8-9,16-19H2,1-3H3/t27-/m0/s1. The molecule has 0 unspecified atom stereocenters. The summed E-state index contributed by atoms with van der Waals surface area (Å²) >= 11 is 0. The normalized spacial score (nSPS) is 20.1. The topological polar surface area (TPSA) is 49.9 Å². The Morgan fingerprint density at radius 3 is 2.15 bits per heavy atom. The molecule has 0 bridgehead atoms. The van der Waals surface area contributed by atoms with Crippen molar-refractivity contribution >= 4 is 9.84 Å². The third-order valence-electron chi connectivity index (χ3n) is 7.35. The third-order valence-corrected chi connectivity index (χ3v) is 9.12. The molecule has 0 aromatic heterocycles. The van der Waals surface area contributed by atoms with Crippen LogP contribution in [0.4, 0.5) is 0 Å². The van der Waals surface area contributed by atoms with Gasteiger partial charge in [-0.05, 0) is 54.7 Å². The lowest BCUT2D eigenvalue weighted by Crippen LogP contribution is -2.52. The summed E-state index contributed by atoms with van der Waals surface area (Å²) in [6.45, 7) is 8.94. The summed E-state index contributed by atoms with van der Waals surface area (Å²) in [6, 6.07) is 15.3. The van der Waals surface area contributed by atoms with Gasteiger partial charge in [0.2, 0.25) is 9.84 Å². The minimum atomic E-state index is -3.58. The number of piperazine rings is 1. The van der Waals surface area contributed by atoms with Crippen LogP contribution in [0.1, 0.15) is 57.6 Å². The van der Waals surface area contributed by atoms with E-state index in [4.69, 9.17) is 4.74 Å². The Hall–Kier alpha value is -1.89. The summed E-state index contributed by atoms with van der Waals surface area (Å²) in [5.41, 5.74) is 1.20. The van der Waals surface area contributed by atoms with Gasteiger partial charge in [-0.2, -0.15) is 0 Å². The van der Waals surface area contributed by atoms with Crippen LogP contribution in [0.5, 0.6) is 5.75 Å². The van der Waals surface area contributed by atoms with Gasteiger partial charge in [-0.1, -0.05) is 51.3 Å². The van der Waals surface area contributed by atoms with E-state index in [0.29, 0.717) is 22.6 Å². The minimum absolute atomic E-state index is 0.258. The molecule has 6 heteroatoms. The van der Waals surface area contributed by atoms with Crippen molar-refractivity contribution in [3.8, 4) is 5.75 Å². The molecule has 1 heterocycles. The van der Waals surface area contributed by atoms with Gasteiger partial charge in [-0.15, -0.1) is 0 Å². The van der Waals surface area contributed by atoms with Crippen molar-refractivity contribution in [2.75, 3.05) is 33.3 Å². The summed E-state index contributed by atoms with van der Waals surface area (Å²) in [7, 11) is -2.04. The van der Waals surface area contributed by atoms with Crippen LogP contribution in [0.15, 0.2) is 58.3 Å². The third kappa shape index (κ3) is 5.44. The maximum atomic E-state index is 13.1. The number of sulfone groups is 1. The number of hydrogen-bond acceptors (Lipinski definition) is 5. The highest BCUT2D eigenvalue weighted by Crippen LogP contribution is 2.33. The highest BCUT2D eigenvalue weighted by molar-refractivity contribution is 7.91. The van der Waals surface area contributed by atoms with Gasteiger partial charge in [0.15, 0.2) is 0 Å². The number of nitrogens with zero attached hydrogens (tertiary/aromatic N) is 2. The van der Waals surface area contributed by atoms with E-state index in [1.165, 1.54) is 37.7 Å². The maximum absolute atomic E-state index is 13.1.